The molecule has 2 aliphatic rings. The maximum Gasteiger partial charge on any atom is 0.243 e. The van der Waals surface area contributed by atoms with E-state index in [4.69, 9.17) is 19.4 Å². The lowest BCUT2D eigenvalue weighted by molar-refractivity contribution is -0.117. The lowest BCUT2D eigenvalue weighted by Gasteiger charge is -2.20. The standard InChI is InChI=1S/C25H27FN6O3/c1-3-21(33)29-18-12-35-13-19(18)31-25-28-11-15-9-17(16-5-4-6-20(34-2)22(16)26)30-24(23(15)32-25)27-10-14-7-8-14/h3-6,9,11,14,18-19H,1,7-8,10,12-13H2,2H3,(H,27,30)(H,29,33)(H,28,31,32)/t18-,19+/m0/s1. The minimum atomic E-state index is -0.469. The molecule has 3 aromatic rings. The van der Waals surface area contributed by atoms with Gasteiger partial charge in [0.25, 0.3) is 0 Å². The third kappa shape index (κ3) is 5.02. The lowest BCUT2D eigenvalue weighted by Crippen LogP contribution is -2.45. The zero-order valence-corrected chi connectivity index (χ0v) is 19.4. The SMILES string of the molecule is C=CC(=O)N[C@H]1COC[C@H]1Nc1ncc2cc(-c3cccc(OC)c3F)nc(NCC3CC3)c2n1. The Morgan fingerprint density at radius 2 is 2.11 bits per heavy atom. The number of fused-ring (bicyclic) bond motifs is 1. The molecule has 1 amide bonds. The highest BCUT2D eigenvalue weighted by atomic mass is 19.1. The number of carbonyl (C=O) groups excluding carboxylic acids is 1. The van der Waals surface area contributed by atoms with Crippen LogP contribution in [0.3, 0.4) is 0 Å². The van der Waals surface area contributed by atoms with Crippen LogP contribution in [0, 0.1) is 11.7 Å². The number of nitrogens with zero attached hydrogens (tertiary/aromatic N) is 3. The zero-order chi connectivity index (χ0) is 24.4. The maximum atomic E-state index is 15.0. The Morgan fingerprint density at radius 3 is 2.89 bits per heavy atom. The zero-order valence-electron chi connectivity index (χ0n) is 19.4. The minimum Gasteiger partial charge on any atom is -0.494 e. The summed E-state index contributed by atoms with van der Waals surface area (Å²) in [6.45, 7) is 5.05. The molecule has 3 N–H and O–H groups in total. The van der Waals surface area contributed by atoms with E-state index in [-0.39, 0.29) is 23.7 Å². The minimum absolute atomic E-state index is 0.157. The second-order valence-corrected chi connectivity index (χ2v) is 8.74. The molecule has 9 nitrogen and oxygen atoms in total. The normalized spacial score (nSPS) is 19.4. The Kier molecular flexibility index (Phi) is 6.45. The fraction of sp³-hybridized carbons (Fsp3) is 0.360. The number of hydrogen-bond donors (Lipinski definition) is 3. The molecule has 2 fully saturated rings. The van der Waals surface area contributed by atoms with Gasteiger partial charge in [0.05, 0.1) is 38.1 Å². The summed E-state index contributed by atoms with van der Waals surface area (Å²) >= 11 is 0. The molecule has 1 saturated heterocycles. The van der Waals surface area contributed by atoms with Crippen molar-refractivity contribution in [3.8, 4) is 17.0 Å². The highest BCUT2D eigenvalue weighted by molar-refractivity contribution is 5.92. The number of methoxy groups -OCH3 is 1. The second-order valence-electron chi connectivity index (χ2n) is 8.74. The van der Waals surface area contributed by atoms with E-state index in [1.54, 1.807) is 30.5 Å². The second kappa shape index (κ2) is 9.83. The predicted octanol–water partition coefficient (Wildman–Crippen LogP) is 3.14. The van der Waals surface area contributed by atoms with E-state index in [2.05, 4.69) is 27.5 Å². The Balaban J connectivity index is 1.48. The van der Waals surface area contributed by atoms with Crippen LogP contribution in [-0.2, 0) is 9.53 Å². The van der Waals surface area contributed by atoms with E-state index >= 15 is 0 Å². The molecule has 10 heteroatoms. The van der Waals surface area contributed by atoms with Crippen LogP contribution in [0.4, 0.5) is 16.2 Å². The van der Waals surface area contributed by atoms with Gasteiger partial charge in [0.2, 0.25) is 11.9 Å². The molecular weight excluding hydrogens is 451 g/mol. The molecule has 2 aromatic heterocycles. The molecule has 1 aromatic carbocycles. The monoisotopic (exact) mass is 478 g/mol. The van der Waals surface area contributed by atoms with Gasteiger partial charge in [-0.15, -0.1) is 0 Å². The first-order valence-electron chi connectivity index (χ1n) is 11.6. The summed E-state index contributed by atoms with van der Waals surface area (Å²) in [6, 6.07) is 6.32. The van der Waals surface area contributed by atoms with Crippen LogP contribution in [0.1, 0.15) is 12.8 Å². The number of pyridine rings is 1. The number of hydrogen-bond acceptors (Lipinski definition) is 8. The summed E-state index contributed by atoms with van der Waals surface area (Å²) in [6.07, 6.45) is 5.27. The van der Waals surface area contributed by atoms with Crippen LogP contribution in [0.25, 0.3) is 22.2 Å². The topological polar surface area (TPSA) is 110 Å². The Labute approximate surface area is 202 Å². The predicted molar refractivity (Wildman–Crippen MR) is 131 cm³/mol. The van der Waals surface area contributed by atoms with Crippen molar-refractivity contribution in [1.29, 1.82) is 0 Å². The highest BCUT2D eigenvalue weighted by Gasteiger charge is 2.30. The molecule has 35 heavy (non-hydrogen) atoms. The van der Waals surface area contributed by atoms with Crippen molar-refractivity contribution >= 4 is 28.6 Å². The molecule has 0 unspecified atom stereocenters. The third-order valence-corrected chi connectivity index (χ3v) is 6.19. The van der Waals surface area contributed by atoms with E-state index in [9.17, 15) is 9.18 Å². The van der Waals surface area contributed by atoms with E-state index in [0.717, 1.165) is 11.9 Å². The summed E-state index contributed by atoms with van der Waals surface area (Å²) in [5, 5.41) is 10.2. The number of rotatable bonds is 9. The number of amides is 1. The lowest BCUT2D eigenvalue weighted by atomic mass is 10.1. The van der Waals surface area contributed by atoms with E-state index in [0.29, 0.717) is 47.7 Å². The smallest absolute Gasteiger partial charge is 0.243 e. The maximum absolute atomic E-state index is 15.0. The van der Waals surface area contributed by atoms with Crippen LogP contribution >= 0.6 is 0 Å². The summed E-state index contributed by atoms with van der Waals surface area (Å²) in [5.41, 5.74) is 1.43. The van der Waals surface area contributed by atoms with Gasteiger partial charge >= 0.3 is 0 Å². The van der Waals surface area contributed by atoms with Crippen LogP contribution in [0.2, 0.25) is 0 Å². The van der Waals surface area contributed by atoms with Crippen molar-refractivity contribution in [3.05, 3.63) is 48.9 Å². The van der Waals surface area contributed by atoms with Crippen molar-refractivity contribution in [3.63, 3.8) is 0 Å². The van der Waals surface area contributed by atoms with Gasteiger partial charge in [-0.2, -0.15) is 0 Å². The van der Waals surface area contributed by atoms with Gasteiger partial charge in [-0.05, 0) is 43.0 Å². The van der Waals surface area contributed by atoms with Crippen LogP contribution in [0.5, 0.6) is 5.75 Å². The molecule has 0 radical (unpaired) electrons. The van der Waals surface area contributed by atoms with Crippen molar-refractivity contribution in [2.45, 2.75) is 24.9 Å². The molecule has 2 atom stereocenters. The number of carbonyl (C=O) groups is 1. The summed E-state index contributed by atoms with van der Waals surface area (Å²) in [4.78, 5) is 25.6. The fourth-order valence-electron chi connectivity index (χ4n) is 4.05. The van der Waals surface area contributed by atoms with E-state index in [1.165, 1.54) is 26.0 Å². The van der Waals surface area contributed by atoms with Crippen molar-refractivity contribution in [2.24, 2.45) is 5.92 Å². The number of benzene rings is 1. The van der Waals surface area contributed by atoms with Gasteiger partial charge in [0.15, 0.2) is 17.4 Å². The van der Waals surface area contributed by atoms with Crippen LogP contribution in [0.15, 0.2) is 43.1 Å². The van der Waals surface area contributed by atoms with E-state index in [1.807, 2.05) is 0 Å². The Hall–Kier alpha value is -3.79. The Morgan fingerprint density at radius 1 is 1.29 bits per heavy atom. The number of ether oxygens (including phenoxy) is 2. The quantitative estimate of drug-likeness (QED) is 0.403. The summed E-state index contributed by atoms with van der Waals surface area (Å²) in [5.74, 6) is 0.986. The van der Waals surface area contributed by atoms with Gasteiger partial charge in [-0.1, -0.05) is 12.6 Å². The molecule has 5 rings (SSSR count). The molecule has 1 aliphatic carbocycles. The first-order chi connectivity index (χ1) is 17.1. The number of anilines is 2. The average molecular weight is 479 g/mol. The molecule has 1 aliphatic heterocycles. The highest BCUT2D eigenvalue weighted by Crippen LogP contribution is 2.33. The Bertz CT molecular complexity index is 1270. The molecule has 0 bridgehead atoms. The number of aromatic nitrogens is 3. The summed E-state index contributed by atoms with van der Waals surface area (Å²) < 4.78 is 25.6. The first kappa shape index (κ1) is 23.0. The molecule has 1 saturated carbocycles. The van der Waals surface area contributed by atoms with Gasteiger partial charge < -0.3 is 25.4 Å². The van der Waals surface area contributed by atoms with Crippen molar-refractivity contribution in [1.82, 2.24) is 20.3 Å². The van der Waals surface area contributed by atoms with Crippen molar-refractivity contribution in [2.75, 3.05) is 37.5 Å². The van der Waals surface area contributed by atoms with Gasteiger partial charge in [0, 0.05) is 23.7 Å². The largest absolute Gasteiger partial charge is 0.494 e. The first-order valence-corrected chi connectivity index (χ1v) is 11.6. The van der Waals surface area contributed by atoms with E-state index < -0.39 is 5.82 Å². The summed E-state index contributed by atoms with van der Waals surface area (Å²) in [7, 11) is 1.43. The van der Waals surface area contributed by atoms with Gasteiger partial charge in [-0.25, -0.2) is 19.3 Å². The van der Waals surface area contributed by atoms with Gasteiger partial charge in [-0.3, -0.25) is 4.79 Å². The average Bonchev–Trinajstić information content (AvgIpc) is 3.61. The van der Waals surface area contributed by atoms with Gasteiger partial charge in [0.1, 0.15) is 5.52 Å². The van der Waals surface area contributed by atoms with Crippen LogP contribution in [-0.4, -0.2) is 59.8 Å². The third-order valence-electron chi connectivity index (χ3n) is 6.19. The molecule has 3 heterocycles. The van der Waals surface area contributed by atoms with Crippen LogP contribution < -0.4 is 20.7 Å². The van der Waals surface area contributed by atoms with Crippen molar-refractivity contribution < 1.29 is 18.7 Å². The molecular formula is C25H27FN6O3. The number of halogens is 1. The molecule has 0 spiro atoms. The number of nitrogens with one attached hydrogen (secondary N) is 3. The fourth-order valence-corrected chi connectivity index (χ4v) is 4.05. The molecule has 182 valence electrons.